The zero-order valence-corrected chi connectivity index (χ0v) is 38.3. The number of unbranched alkanes of at least 4 members (excludes halogenated alkanes) is 21. The number of ether oxygens (including phenoxy) is 1. The van der Waals surface area contributed by atoms with Gasteiger partial charge in [-0.05, 0) is 136 Å². The molecule has 1 amide bonds. The zero-order chi connectivity index (χ0) is 40.8. The summed E-state index contributed by atoms with van der Waals surface area (Å²) < 4.78 is 6.34. The molecule has 0 aromatic heterocycles. The average molecular weight is 781 g/mol. The van der Waals surface area contributed by atoms with Crippen molar-refractivity contribution in [2.75, 3.05) is 33.7 Å². The molecule has 0 aromatic rings. The van der Waals surface area contributed by atoms with Gasteiger partial charge in [0.05, 0.1) is 0 Å². The molecule has 0 aliphatic rings. The molecule has 0 aliphatic heterocycles. The summed E-state index contributed by atoms with van der Waals surface area (Å²) in [6.07, 6.45) is 62.4. The van der Waals surface area contributed by atoms with Crippen LogP contribution in [0.5, 0.6) is 0 Å². The Morgan fingerprint density at radius 1 is 0.429 bits per heavy atom. The second-order valence-corrected chi connectivity index (χ2v) is 16.6. The Bertz CT molecular complexity index is 898. The lowest BCUT2D eigenvalue weighted by Gasteiger charge is -2.26. The highest BCUT2D eigenvalue weighted by Gasteiger charge is 2.20. The van der Waals surface area contributed by atoms with E-state index in [0.29, 0.717) is 0 Å². The molecule has 0 aromatic carbocycles. The van der Waals surface area contributed by atoms with Crippen molar-refractivity contribution in [1.29, 1.82) is 0 Å². The van der Waals surface area contributed by atoms with E-state index in [0.717, 1.165) is 71.0 Å². The second kappa shape index (κ2) is 45.6. The van der Waals surface area contributed by atoms with E-state index < -0.39 is 0 Å². The first-order valence-electron chi connectivity index (χ1n) is 24.4. The molecule has 326 valence electrons. The number of hydrogen-bond donors (Lipinski definition) is 0. The standard InChI is InChI=1S/C52H96N2O2/c1-6-9-12-15-17-19-21-23-25-27-29-31-33-35-37-39-42-46-51(56-52(55)54(50-45-48-53(4)5)49-44-41-14-11-8-3)47-43-40-38-36-34-32-30-28-26-24-22-20-18-16-13-10-7-2/h11,14,17-20,23-26,51H,6-10,12-13,15-16,21-22,27-50H2,1-5H3/b14-11+,19-17+,20-18+,25-23+,26-24+. The van der Waals surface area contributed by atoms with E-state index >= 15 is 0 Å². The van der Waals surface area contributed by atoms with Crippen molar-refractivity contribution in [3.05, 3.63) is 60.8 Å². The molecule has 0 bridgehead atoms. The van der Waals surface area contributed by atoms with Gasteiger partial charge >= 0.3 is 6.09 Å². The Hall–Kier alpha value is -2.07. The van der Waals surface area contributed by atoms with Crippen LogP contribution in [0.4, 0.5) is 4.79 Å². The monoisotopic (exact) mass is 781 g/mol. The first kappa shape index (κ1) is 53.9. The Morgan fingerprint density at radius 2 is 0.804 bits per heavy atom. The lowest BCUT2D eigenvalue weighted by atomic mass is 10.0. The SMILES string of the molecule is CC/C=C/CCCN(CCCN(C)C)C(=O)OC(CCCCCCCCC/C=C/C/C=C/CCCCC)CCCCCCCCC/C=C/C/C=C/CCCCC. The largest absolute Gasteiger partial charge is 0.446 e. The third kappa shape index (κ3) is 41.6. The van der Waals surface area contributed by atoms with Gasteiger partial charge in [-0.25, -0.2) is 4.79 Å². The Morgan fingerprint density at radius 3 is 1.23 bits per heavy atom. The molecule has 0 saturated heterocycles. The third-order valence-electron chi connectivity index (χ3n) is 10.7. The van der Waals surface area contributed by atoms with E-state index in [1.165, 1.54) is 154 Å². The molecule has 0 atom stereocenters. The van der Waals surface area contributed by atoms with Crippen molar-refractivity contribution in [2.45, 2.75) is 232 Å². The van der Waals surface area contributed by atoms with Gasteiger partial charge in [0.25, 0.3) is 0 Å². The smallest absolute Gasteiger partial charge is 0.410 e. The molecule has 56 heavy (non-hydrogen) atoms. The predicted molar refractivity (Wildman–Crippen MR) is 251 cm³/mol. The molecule has 0 spiro atoms. The van der Waals surface area contributed by atoms with Crippen molar-refractivity contribution in [3.63, 3.8) is 0 Å². The number of nitrogens with zero attached hydrogens (tertiary/aromatic N) is 2. The summed E-state index contributed by atoms with van der Waals surface area (Å²) in [7, 11) is 4.22. The van der Waals surface area contributed by atoms with Gasteiger partial charge in [0.2, 0.25) is 0 Å². The molecule has 0 saturated carbocycles. The van der Waals surface area contributed by atoms with Gasteiger partial charge in [0.1, 0.15) is 6.10 Å². The fourth-order valence-corrected chi connectivity index (χ4v) is 7.11. The molecule has 0 aliphatic carbocycles. The molecular weight excluding hydrogens is 685 g/mol. The van der Waals surface area contributed by atoms with Gasteiger partial charge in [-0.15, -0.1) is 0 Å². The average Bonchev–Trinajstić information content (AvgIpc) is 3.19. The van der Waals surface area contributed by atoms with Gasteiger partial charge in [0, 0.05) is 13.1 Å². The van der Waals surface area contributed by atoms with Gasteiger partial charge in [-0.1, -0.05) is 171 Å². The number of carbonyl (C=O) groups is 1. The number of allylic oxidation sites excluding steroid dienone is 10. The fourth-order valence-electron chi connectivity index (χ4n) is 7.11. The molecule has 4 heteroatoms. The molecular formula is C52H96N2O2. The first-order valence-corrected chi connectivity index (χ1v) is 24.4. The minimum atomic E-state index is -0.0812. The van der Waals surface area contributed by atoms with E-state index in [-0.39, 0.29) is 12.2 Å². The van der Waals surface area contributed by atoms with Crippen LogP contribution >= 0.6 is 0 Å². The van der Waals surface area contributed by atoms with Crippen molar-refractivity contribution < 1.29 is 9.53 Å². The van der Waals surface area contributed by atoms with E-state index in [9.17, 15) is 4.79 Å². The van der Waals surface area contributed by atoms with Gasteiger partial charge in [-0.3, -0.25) is 0 Å². The van der Waals surface area contributed by atoms with Crippen molar-refractivity contribution in [2.24, 2.45) is 0 Å². The number of hydrogen-bond acceptors (Lipinski definition) is 3. The van der Waals surface area contributed by atoms with E-state index in [2.05, 4.69) is 101 Å². The third-order valence-corrected chi connectivity index (χ3v) is 10.7. The first-order chi connectivity index (χ1) is 27.5. The summed E-state index contributed by atoms with van der Waals surface area (Å²) >= 11 is 0. The summed E-state index contributed by atoms with van der Waals surface area (Å²) in [6, 6.07) is 0. The molecule has 0 unspecified atom stereocenters. The van der Waals surface area contributed by atoms with Crippen LogP contribution in [0.3, 0.4) is 0 Å². The van der Waals surface area contributed by atoms with Crippen LogP contribution in [0.25, 0.3) is 0 Å². The van der Waals surface area contributed by atoms with Gasteiger partial charge in [-0.2, -0.15) is 0 Å². The van der Waals surface area contributed by atoms with Crippen LogP contribution in [-0.4, -0.2) is 55.7 Å². The van der Waals surface area contributed by atoms with Crippen LogP contribution in [0.2, 0.25) is 0 Å². The maximum Gasteiger partial charge on any atom is 0.410 e. The number of amides is 1. The van der Waals surface area contributed by atoms with E-state index in [1.807, 2.05) is 4.90 Å². The molecule has 0 rings (SSSR count). The van der Waals surface area contributed by atoms with Crippen molar-refractivity contribution in [3.8, 4) is 0 Å². The summed E-state index contributed by atoms with van der Waals surface area (Å²) in [5.41, 5.74) is 0. The highest BCUT2D eigenvalue weighted by molar-refractivity contribution is 5.67. The van der Waals surface area contributed by atoms with Crippen molar-refractivity contribution in [1.82, 2.24) is 9.80 Å². The summed E-state index contributed by atoms with van der Waals surface area (Å²) in [4.78, 5) is 17.8. The maximum atomic E-state index is 13.6. The quantitative estimate of drug-likeness (QED) is 0.0457. The minimum Gasteiger partial charge on any atom is -0.446 e. The number of carbonyl (C=O) groups excluding carboxylic acids is 1. The van der Waals surface area contributed by atoms with Gasteiger partial charge in [0.15, 0.2) is 0 Å². The lowest BCUT2D eigenvalue weighted by molar-refractivity contribution is 0.0515. The molecule has 0 heterocycles. The second-order valence-electron chi connectivity index (χ2n) is 16.6. The van der Waals surface area contributed by atoms with Crippen molar-refractivity contribution >= 4 is 6.09 Å². The highest BCUT2D eigenvalue weighted by atomic mass is 16.6. The normalized spacial score (nSPS) is 12.4. The molecule has 4 nitrogen and oxygen atoms in total. The van der Waals surface area contributed by atoms with Crippen LogP contribution in [0, 0.1) is 0 Å². The summed E-state index contributed by atoms with van der Waals surface area (Å²) in [6.45, 7) is 9.26. The van der Waals surface area contributed by atoms with Gasteiger partial charge < -0.3 is 14.5 Å². The van der Waals surface area contributed by atoms with Crippen LogP contribution in [0.15, 0.2) is 60.8 Å². The Labute approximate surface area is 351 Å². The molecule has 0 N–H and O–H groups in total. The lowest BCUT2D eigenvalue weighted by Crippen LogP contribution is -2.37. The summed E-state index contributed by atoms with van der Waals surface area (Å²) in [5.74, 6) is 0. The van der Waals surface area contributed by atoms with Crippen LogP contribution in [0.1, 0.15) is 226 Å². The van der Waals surface area contributed by atoms with E-state index in [4.69, 9.17) is 4.74 Å². The predicted octanol–water partition coefficient (Wildman–Crippen LogP) is 16.7. The minimum absolute atomic E-state index is 0.0507. The van der Waals surface area contributed by atoms with Crippen LogP contribution in [-0.2, 0) is 4.74 Å². The number of rotatable bonds is 42. The molecule has 0 radical (unpaired) electrons. The highest BCUT2D eigenvalue weighted by Crippen LogP contribution is 2.19. The fraction of sp³-hybridized carbons (Fsp3) is 0.788. The molecule has 0 fully saturated rings. The van der Waals surface area contributed by atoms with E-state index in [1.54, 1.807) is 0 Å². The maximum absolute atomic E-state index is 13.6. The summed E-state index contributed by atoms with van der Waals surface area (Å²) in [5, 5.41) is 0. The Kier molecular flexibility index (Phi) is 43.9. The van der Waals surface area contributed by atoms with Crippen LogP contribution < -0.4 is 0 Å². The Balaban J connectivity index is 4.58. The zero-order valence-electron chi connectivity index (χ0n) is 38.3. The topological polar surface area (TPSA) is 32.8 Å².